The highest BCUT2D eigenvalue weighted by Gasteiger charge is 2.21. The van der Waals surface area contributed by atoms with E-state index < -0.39 is 0 Å². The molecular weight excluding hydrogens is 138 g/mol. The van der Waals surface area contributed by atoms with Gasteiger partial charge in [0.2, 0.25) is 0 Å². The smallest absolute Gasteiger partial charge is 0.104 e. The van der Waals surface area contributed by atoms with Crippen LogP contribution in [0.2, 0.25) is 0 Å². The van der Waals surface area contributed by atoms with Crippen LogP contribution in [0.4, 0.5) is 0 Å². The summed E-state index contributed by atoms with van der Waals surface area (Å²) < 4.78 is 0. The van der Waals surface area contributed by atoms with Crippen molar-refractivity contribution >= 4 is 0 Å². The normalized spacial score (nSPS) is 21.7. The molecule has 0 heterocycles. The first kappa shape index (κ1) is 6.83. The molecule has 0 spiro atoms. The van der Waals surface area contributed by atoms with Gasteiger partial charge in [-0.2, -0.15) is 0 Å². The van der Waals surface area contributed by atoms with Crippen LogP contribution in [-0.4, -0.2) is 0 Å². The predicted molar refractivity (Wildman–Crippen MR) is 42.8 cm³/mol. The summed E-state index contributed by atoms with van der Waals surface area (Å²) in [5.74, 6) is 5.15. The van der Waals surface area contributed by atoms with E-state index in [-0.39, 0.29) is 6.10 Å². The topological polar surface area (TPSA) is 35.2 Å². The summed E-state index contributed by atoms with van der Waals surface area (Å²) in [7, 11) is 0. The lowest BCUT2D eigenvalue weighted by Crippen LogP contribution is -2.05. The molecule has 2 nitrogen and oxygen atoms in total. The van der Waals surface area contributed by atoms with E-state index >= 15 is 0 Å². The van der Waals surface area contributed by atoms with Gasteiger partial charge in [0.25, 0.3) is 0 Å². The zero-order valence-electron chi connectivity index (χ0n) is 6.29. The Morgan fingerprint density at radius 3 is 3.00 bits per heavy atom. The van der Waals surface area contributed by atoms with Gasteiger partial charge in [-0.25, -0.2) is 5.90 Å². The van der Waals surface area contributed by atoms with E-state index in [4.69, 9.17) is 10.7 Å². The summed E-state index contributed by atoms with van der Waals surface area (Å²) in [6, 6.07) is 8.29. The highest BCUT2D eigenvalue weighted by atomic mass is 16.6. The molecule has 0 saturated carbocycles. The van der Waals surface area contributed by atoms with Crippen LogP contribution in [0, 0.1) is 0 Å². The van der Waals surface area contributed by atoms with Crippen molar-refractivity contribution in [2.75, 3.05) is 0 Å². The van der Waals surface area contributed by atoms with E-state index in [0.29, 0.717) is 0 Å². The molecule has 1 unspecified atom stereocenters. The molecule has 0 amide bonds. The maximum absolute atomic E-state index is 5.15. The fourth-order valence-electron chi connectivity index (χ4n) is 1.66. The SMILES string of the molecule is NOC1CCc2ccccc21. The Balaban J connectivity index is 2.39. The number of nitrogens with two attached hydrogens (primary N) is 1. The summed E-state index contributed by atoms with van der Waals surface area (Å²) in [5.41, 5.74) is 2.64. The average Bonchev–Trinajstić information content (AvgIpc) is 2.47. The second kappa shape index (κ2) is 2.64. The quantitative estimate of drug-likeness (QED) is 0.615. The van der Waals surface area contributed by atoms with Crippen LogP contribution >= 0.6 is 0 Å². The maximum atomic E-state index is 5.15. The lowest BCUT2D eigenvalue weighted by Gasteiger charge is -2.06. The van der Waals surface area contributed by atoms with Crippen molar-refractivity contribution in [3.8, 4) is 0 Å². The van der Waals surface area contributed by atoms with Gasteiger partial charge in [0.1, 0.15) is 6.10 Å². The van der Waals surface area contributed by atoms with Crippen molar-refractivity contribution in [2.45, 2.75) is 18.9 Å². The van der Waals surface area contributed by atoms with E-state index in [9.17, 15) is 0 Å². The molecular formula is C9H11NO. The summed E-state index contributed by atoms with van der Waals surface area (Å²) >= 11 is 0. The summed E-state index contributed by atoms with van der Waals surface area (Å²) in [5, 5.41) is 0. The van der Waals surface area contributed by atoms with Crippen molar-refractivity contribution in [3.63, 3.8) is 0 Å². The lowest BCUT2D eigenvalue weighted by molar-refractivity contribution is 0.0542. The molecule has 58 valence electrons. The average molecular weight is 149 g/mol. The van der Waals surface area contributed by atoms with Crippen molar-refractivity contribution in [3.05, 3.63) is 35.4 Å². The number of benzene rings is 1. The largest absolute Gasteiger partial charge is 0.297 e. The Labute approximate surface area is 65.9 Å². The molecule has 0 bridgehead atoms. The van der Waals surface area contributed by atoms with Gasteiger partial charge in [-0.1, -0.05) is 24.3 Å². The maximum Gasteiger partial charge on any atom is 0.104 e. The van der Waals surface area contributed by atoms with Crippen LogP contribution in [0.5, 0.6) is 0 Å². The van der Waals surface area contributed by atoms with Crippen LogP contribution < -0.4 is 5.90 Å². The minimum atomic E-state index is 0.131. The highest BCUT2D eigenvalue weighted by Crippen LogP contribution is 2.32. The first-order valence-corrected chi connectivity index (χ1v) is 3.85. The van der Waals surface area contributed by atoms with Gasteiger partial charge in [0, 0.05) is 0 Å². The van der Waals surface area contributed by atoms with Gasteiger partial charge in [-0.3, -0.25) is 4.84 Å². The molecule has 1 aliphatic rings. The number of rotatable bonds is 1. The minimum absolute atomic E-state index is 0.131. The highest BCUT2D eigenvalue weighted by molar-refractivity contribution is 5.33. The van der Waals surface area contributed by atoms with E-state index in [1.165, 1.54) is 11.1 Å². The molecule has 0 saturated heterocycles. The molecule has 0 aromatic heterocycles. The second-order valence-corrected chi connectivity index (χ2v) is 2.86. The van der Waals surface area contributed by atoms with Crippen LogP contribution in [0.15, 0.2) is 24.3 Å². The van der Waals surface area contributed by atoms with Gasteiger partial charge in [0.15, 0.2) is 0 Å². The molecule has 11 heavy (non-hydrogen) atoms. The Bertz CT molecular complexity index is 259. The third kappa shape index (κ3) is 1.04. The van der Waals surface area contributed by atoms with Crippen LogP contribution in [0.1, 0.15) is 23.7 Å². The first-order chi connectivity index (χ1) is 5.42. The third-order valence-electron chi connectivity index (χ3n) is 2.24. The van der Waals surface area contributed by atoms with Crippen LogP contribution in [0.25, 0.3) is 0 Å². The van der Waals surface area contributed by atoms with Crippen molar-refractivity contribution in [2.24, 2.45) is 5.90 Å². The zero-order chi connectivity index (χ0) is 7.68. The molecule has 0 aliphatic heterocycles. The number of hydrogen-bond donors (Lipinski definition) is 1. The Morgan fingerprint density at radius 1 is 1.36 bits per heavy atom. The molecule has 1 aromatic carbocycles. The van der Waals surface area contributed by atoms with Gasteiger partial charge < -0.3 is 0 Å². The zero-order valence-corrected chi connectivity index (χ0v) is 6.29. The molecule has 2 rings (SSSR count). The molecule has 1 aliphatic carbocycles. The number of aryl methyl sites for hydroxylation is 1. The summed E-state index contributed by atoms with van der Waals surface area (Å²) in [6.45, 7) is 0. The van der Waals surface area contributed by atoms with Gasteiger partial charge in [-0.05, 0) is 24.0 Å². The molecule has 1 atom stereocenters. The molecule has 0 fully saturated rings. The number of fused-ring (bicyclic) bond motifs is 1. The summed E-state index contributed by atoms with van der Waals surface area (Å²) in [6.07, 6.45) is 2.25. The predicted octanol–water partition coefficient (Wildman–Crippen LogP) is 1.56. The second-order valence-electron chi connectivity index (χ2n) is 2.86. The number of hydrogen-bond acceptors (Lipinski definition) is 2. The molecule has 2 heteroatoms. The van der Waals surface area contributed by atoms with Crippen LogP contribution in [0.3, 0.4) is 0 Å². The fourth-order valence-corrected chi connectivity index (χ4v) is 1.66. The Hall–Kier alpha value is -0.860. The Morgan fingerprint density at radius 2 is 2.18 bits per heavy atom. The monoisotopic (exact) mass is 149 g/mol. The minimum Gasteiger partial charge on any atom is -0.297 e. The lowest BCUT2D eigenvalue weighted by atomic mass is 10.1. The molecule has 2 N–H and O–H groups in total. The van der Waals surface area contributed by atoms with Crippen LogP contribution in [-0.2, 0) is 11.3 Å². The van der Waals surface area contributed by atoms with E-state index in [1.54, 1.807) is 0 Å². The third-order valence-corrected chi connectivity index (χ3v) is 2.24. The first-order valence-electron chi connectivity index (χ1n) is 3.85. The fraction of sp³-hybridized carbons (Fsp3) is 0.333. The summed E-state index contributed by atoms with van der Waals surface area (Å²) in [4.78, 5) is 4.84. The standard InChI is InChI=1S/C9H11NO/c10-11-9-6-5-7-3-1-2-4-8(7)9/h1-4,9H,5-6,10H2. The van der Waals surface area contributed by atoms with E-state index in [0.717, 1.165) is 12.8 Å². The van der Waals surface area contributed by atoms with Crippen molar-refractivity contribution in [1.29, 1.82) is 0 Å². The van der Waals surface area contributed by atoms with Crippen molar-refractivity contribution < 1.29 is 4.84 Å². The van der Waals surface area contributed by atoms with E-state index in [1.807, 2.05) is 6.07 Å². The Kier molecular flexibility index (Phi) is 1.64. The molecule has 1 aromatic rings. The molecule has 0 radical (unpaired) electrons. The van der Waals surface area contributed by atoms with Gasteiger partial charge in [-0.15, -0.1) is 0 Å². The van der Waals surface area contributed by atoms with Crippen molar-refractivity contribution in [1.82, 2.24) is 0 Å². The van der Waals surface area contributed by atoms with Gasteiger partial charge in [0.05, 0.1) is 0 Å². The van der Waals surface area contributed by atoms with E-state index in [2.05, 4.69) is 18.2 Å². The van der Waals surface area contributed by atoms with Gasteiger partial charge >= 0.3 is 0 Å².